The zero-order valence-electron chi connectivity index (χ0n) is 13.1. The van der Waals surface area contributed by atoms with E-state index in [9.17, 15) is 9.59 Å². The van der Waals surface area contributed by atoms with E-state index < -0.39 is 17.0 Å². The highest BCUT2D eigenvalue weighted by Crippen LogP contribution is 2.49. The van der Waals surface area contributed by atoms with Crippen LogP contribution in [0.2, 0.25) is 0 Å². The second-order valence-electron chi connectivity index (χ2n) is 5.93. The molecular weight excluding hydrogens is 258 g/mol. The van der Waals surface area contributed by atoms with Crippen LogP contribution in [0.4, 0.5) is 0 Å². The lowest BCUT2D eigenvalue weighted by atomic mass is 9.54. The number of rotatable bonds is 6. The lowest BCUT2D eigenvalue weighted by molar-refractivity contribution is -0.171. The number of ether oxygens (including phenoxy) is 1. The number of carbonyl (C=O) groups is 2. The van der Waals surface area contributed by atoms with Gasteiger partial charge in [-0.2, -0.15) is 0 Å². The van der Waals surface area contributed by atoms with E-state index in [2.05, 4.69) is 10.6 Å². The molecule has 0 aromatic rings. The van der Waals surface area contributed by atoms with E-state index in [1.165, 1.54) is 0 Å². The minimum absolute atomic E-state index is 0.0250. The number of hydrogen-bond acceptors (Lipinski definition) is 4. The van der Waals surface area contributed by atoms with Crippen molar-refractivity contribution in [3.05, 3.63) is 0 Å². The maximum atomic E-state index is 12.4. The first-order valence-electron chi connectivity index (χ1n) is 7.19. The summed E-state index contributed by atoms with van der Waals surface area (Å²) in [5.41, 5.74) is 4.80. The van der Waals surface area contributed by atoms with Crippen molar-refractivity contribution in [2.75, 3.05) is 13.2 Å². The van der Waals surface area contributed by atoms with E-state index in [4.69, 9.17) is 10.5 Å². The topological polar surface area (TPSA) is 93.5 Å². The third-order valence-corrected chi connectivity index (χ3v) is 4.33. The van der Waals surface area contributed by atoms with E-state index in [-0.39, 0.29) is 17.9 Å². The van der Waals surface area contributed by atoms with Crippen LogP contribution < -0.4 is 16.4 Å². The standard InChI is InChI=1S/C14H27N3O3/c1-6-16-11(18)9(3)17-12(19)14(15)8-10(20-7-2)13(14,4)5/h9-10H,6-8,15H2,1-5H3,(H,16,18)(H,17,19). The minimum atomic E-state index is -0.992. The molecule has 1 aliphatic rings. The summed E-state index contributed by atoms with van der Waals surface area (Å²) < 4.78 is 5.59. The van der Waals surface area contributed by atoms with Crippen molar-refractivity contribution < 1.29 is 14.3 Å². The lowest BCUT2D eigenvalue weighted by Crippen LogP contribution is -2.76. The second-order valence-corrected chi connectivity index (χ2v) is 5.93. The lowest BCUT2D eigenvalue weighted by Gasteiger charge is -2.57. The summed E-state index contributed by atoms with van der Waals surface area (Å²) in [4.78, 5) is 24.0. The Bertz CT molecular complexity index is 384. The van der Waals surface area contributed by atoms with Crippen LogP contribution in [0, 0.1) is 5.41 Å². The van der Waals surface area contributed by atoms with E-state index in [0.29, 0.717) is 19.6 Å². The smallest absolute Gasteiger partial charge is 0.242 e. The van der Waals surface area contributed by atoms with Gasteiger partial charge in [-0.05, 0) is 20.8 Å². The van der Waals surface area contributed by atoms with Crippen LogP contribution in [0.15, 0.2) is 0 Å². The van der Waals surface area contributed by atoms with E-state index >= 15 is 0 Å². The Balaban J connectivity index is 2.66. The summed E-state index contributed by atoms with van der Waals surface area (Å²) in [5.74, 6) is -0.500. The van der Waals surface area contributed by atoms with Crippen LogP contribution in [0.25, 0.3) is 0 Å². The summed E-state index contributed by atoms with van der Waals surface area (Å²) in [6.45, 7) is 10.4. The van der Waals surface area contributed by atoms with Crippen molar-refractivity contribution in [3.63, 3.8) is 0 Å². The maximum Gasteiger partial charge on any atom is 0.242 e. The van der Waals surface area contributed by atoms with Crippen LogP contribution in [0.3, 0.4) is 0 Å². The molecule has 0 saturated heterocycles. The fourth-order valence-corrected chi connectivity index (χ4v) is 2.54. The molecule has 0 radical (unpaired) electrons. The number of likely N-dealkylation sites (N-methyl/N-ethyl adjacent to an activating group) is 1. The Morgan fingerprint density at radius 2 is 2.00 bits per heavy atom. The van der Waals surface area contributed by atoms with Crippen LogP contribution in [-0.2, 0) is 14.3 Å². The summed E-state index contributed by atoms with van der Waals surface area (Å²) in [6.07, 6.45) is 0.449. The molecule has 1 aliphatic carbocycles. The average molecular weight is 285 g/mol. The van der Waals surface area contributed by atoms with Gasteiger partial charge in [0.1, 0.15) is 11.6 Å². The molecule has 0 bridgehead atoms. The number of amides is 2. The van der Waals surface area contributed by atoms with Gasteiger partial charge in [0.05, 0.1) is 6.10 Å². The molecule has 1 fully saturated rings. The molecule has 6 heteroatoms. The first-order chi connectivity index (χ1) is 9.20. The Kier molecular flexibility index (Phi) is 5.15. The Morgan fingerprint density at radius 3 is 2.45 bits per heavy atom. The van der Waals surface area contributed by atoms with Crippen LogP contribution >= 0.6 is 0 Å². The fraction of sp³-hybridized carbons (Fsp3) is 0.857. The summed E-state index contributed by atoms with van der Waals surface area (Å²) in [5, 5.41) is 5.36. The van der Waals surface area contributed by atoms with Crippen LogP contribution in [0.5, 0.6) is 0 Å². The Morgan fingerprint density at radius 1 is 1.40 bits per heavy atom. The summed E-state index contributed by atoms with van der Waals surface area (Å²) in [7, 11) is 0. The normalized spacial score (nSPS) is 29.2. The van der Waals surface area contributed by atoms with Crippen molar-refractivity contribution in [1.29, 1.82) is 0 Å². The van der Waals surface area contributed by atoms with E-state index in [1.54, 1.807) is 6.92 Å². The average Bonchev–Trinajstić information content (AvgIpc) is 2.38. The monoisotopic (exact) mass is 285 g/mol. The molecule has 2 amide bonds. The Hall–Kier alpha value is -1.14. The van der Waals surface area contributed by atoms with Gasteiger partial charge in [-0.3, -0.25) is 9.59 Å². The molecule has 116 valence electrons. The van der Waals surface area contributed by atoms with Crippen molar-refractivity contribution >= 4 is 11.8 Å². The van der Waals surface area contributed by atoms with Gasteiger partial charge in [0.25, 0.3) is 0 Å². The van der Waals surface area contributed by atoms with Crippen molar-refractivity contribution in [2.45, 2.75) is 58.7 Å². The van der Waals surface area contributed by atoms with Crippen molar-refractivity contribution in [3.8, 4) is 0 Å². The highest BCUT2D eigenvalue weighted by Gasteiger charge is 2.63. The van der Waals surface area contributed by atoms with Gasteiger partial charge in [0.2, 0.25) is 11.8 Å². The highest BCUT2D eigenvalue weighted by atomic mass is 16.5. The molecule has 0 spiro atoms. The van der Waals surface area contributed by atoms with Gasteiger partial charge in [-0.25, -0.2) is 0 Å². The molecule has 6 nitrogen and oxygen atoms in total. The SMILES string of the molecule is CCNC(=O)C(C)NC(=O)C1(N)CC(OCC)C1(C)C. The number of hydrogen-bond donors (Lipinski definition) is 3. The number of nitrogens with one attached hydrogen (secondary N) is 2. The molecule has 0 aromatic carbocycles. The molecule has 0 aliphatic heterocycles. The van der Waals surface area contributed by atoms with Gasteiger partial charge >= 0.3 is 0 Å². The van der Waals surface area contributed by atoms with Crippen LogP contribution in [0.1, 0.15) is 41.0 Å². The third kappa shape index (κ3) is 2.81. The fourth-order valence-electron chi connectivity index (χ4n) is 2.54. The second kappa shape index (κ2) is 6.10. The van der Waals surface area contributed by atoms with Crippen molar-refractivity contribution in [1.82, 2.24) is 10.6 Å². The van der Waals surface area contributed by atoms with Gasteiger partial charge in [0.15, 0.2) is 0 Å². The molecule has 1 saturated carbocycles. The first kappa shape index (κ1) is 16.9. The number of nitrogens with two attached hydrogens (primary N) is 1. The van der Waals surface area contributed by atoms with Crippen LogP contribution in [-0.4, -0.2) is 42.7 Å². The molecular formula is C14H27N3O3. The number of carbonyl (C=O) groups excluding carboxylic acids is 2. The summed E-state index contributed by atoms with van der Waals surface area (Å²) >= 11 is 0. The minimum Gasteiger partial charge on any atom is -0.378 e. The predicted octanol–water partition coefficient (Wildman–Crippen LogP) is 0.160. The highest BCUT2D eigenvalue weighted by molar-refractivity contribution is 5.93. The van der Waals surface area contributed by atoms with Gasteiger partial charge < -0.3 is 21.1 Å². The van der Waals surface area contributed by atoms with Gasteiger partial charge in [-0.1, -0.05) is 13.8 Å². The van der Waals surface area contributed by atoms with E-state index in [1.807, 2.05) is 27.7 Å². The molecule has 0 heterocycles. The molecule has 0 aromatic heterocycles. The Labute approximate surface area is 120 Å². The predicted molar refractivity (Wildman–Crippen MR) is 77.0 cm³/mol. The third-order valence-electron chi connectivity index (χ3n) is 4.33. The van der Waals surface area contributed by atoms with Crippen molar-refractivity contribution in [2.24, 2.45) is 11.1 Å². The largest absolute Gasteiger partial charge is 0.378 e. The maximum absolute atomic E-state index is 12.4. The molecule has 3 unspecified atom stereocenters. The molecule has 3 atom stereocenters. The van der Waals surface area contributed by atoms with Gasteiger partial charge in [-0.15, -0.1) is 0 Å². The molecule has 1 rings (SSSR count). The van der Waals surface area contributed by atoms with E-state index in [0.717, 1.165) is 0 Å². The zero-order chi connectivity index (χ0) is 15.6. The quantitative estimate of drug-likeness (QED) is 0.648. The summed E-state index contributed by atoms with van der Waals surface area (Å²) in [6, 6.07) is -0.593. The molecule has 20 heavy (non-hydrogen) atoms. The van der Waals surface area contributed by atoms with Gasteiger partial charge in [0, 0.05) is 25.0 Å². The first-order valence-corrected chi connectivity index (χ1v) is 7.19. The zero-order valence-corrected chi connectivity index (χ0v) is 13.1. The molecule has 4 N–H and O–H groups in total.